The summed E-state index contributed by atoms with van der Waals surface area (Å²) >= 11 is 1.30. The number of aromatic nitrogens is 2. The highest BCUT2D eigenvalue weighted by atomic mass is 32.2. The number of nitrogens with zero attached hydrogens (tertiary/aromatic N) is 2. The molecule has 1 aromatic rings. The number of aliphatic carboxylic acids is 1. The van der Waals surface area contributed by atoms with Gasteiger partial charge in [0.2, 0.25) is 0 Å². The van der Waals surface area contributed by atoms with Crippen LogP contribution in [0.2, 0.25) is 0 Å². The van der Waals surface area contributed by atoms with E-state index in [0.717, 1.165) is 18.1 Å². The third-order valence-electron chi connectivity index (χ3n) is 2.85. The second-order valence-electron chi connectivity index (χ2n) is 6.27. The van der Waals surface area contributed by atoms with Crippen LogP contribution in [0.25, 0.3) is 0 Å². The lowest BCUT2D eigenvalue weighted by molar-refractivity contribution is -0.133. The Morgan fingerprint density at radius 2 is 2.11 bits per heavy atom. The average molecular weight is 284 g/mol. The van der Waals surface area contributed by atoms with Crippen molar-refractivity contribution >= 4 is 17.7 Å². The molecule has 19 heavy (non-hydrogen) atoms. The van der Waals surface area contributed by atoms with Gasteiger partial charge in [-0.15, -0.1) is 0 Å². The topological polar surface area (TPSA) is 55.1 Å². The van der Waals surface area contributed by atoms with E-state index >= 15 is 0 Å². The second-order valence-corrected chi connectivity index (χ2v) is 7.21. The lowest BCUT2D eigenvalue weighted by Crippen LogP contribution is -2.14. The Balaban J connectivity index is 2.88. The fourth-order valence-corrected chi connectivity index (χ4v) is 2.48. The van der Waals surface area contributed by atoms with Crippen LogP contribution in [0.1, 0.15) is 52.7 Å². The largest absolute Gasteiger partial charge is 0.481 e. The highest BCUT2D eigenvalue weighted by Gasteiger charge is 2.17. The Bertz CT molecular complexity index is 433. The molecular formula is C14H24N2O2S. The third-order valence-corrected chi connectivity index (χ3v) is 3.83. The summed E-state index contributed by atoms with van der Waals surface area (Å²) in [6.07, 6.45) is 2.92. The SMILES string of the molecule is CC(C)c1cnc(SCC(=O)O)n1CCC(C)(C)C. The van der Waals surface area contributed by atoms with Gasteiger partial charge in [-0.25, -0.2) is 4.98 Å². The summed E-state index contributed by atoms with van der Waals surface area (Å²) in [5, 5.41) is 9.60. The number of rotatable bonds is 6. The van der Waals surface area contributed by atoms with Crippen molar-refractivity contribution in [2.45, 2.75) is 58.7 Å². The van der Waals surface area contributed by atoms with Gasteiger partial charge in [-0.3, -0.25) is 4.79 Å². The Morgan fingerprint density at radius 1 is 1.47 bits per heavy atom. The van der Waals surface area contributed by atoms with Crippen molar-refractivity contribution in [3.05, 3.63) is 11.9 Å². The third kappa shape index (κ3) is 5.27. The lowest BCUT2D eigenvalue weighted by atomic mass is 9.92. The molecule has 108 valence electrons. The van der Waals surface area contributed by atoms with Crippen molar-refractivity contribution in [1.82, 2.24) is 9.55 Å². The first-order valence-corrected chi connectivity index (χ1v) is 7.59. The quantitative estimate of drug-likeness (QED) is 0.811. The first-order valence-electron chi connectivity index (χ1n) is 6.60. The summed E-state index contributed by atoms with van der Waals surface area (Å²) in [4.78, 5) is 15.1. The van der Waals surface area contributed by atoms with Crippen LogP contribution in [0.4, 0.5) is 0 Å². The van der Waals surface area contributed by atoms with Gasteiger partial charge in [0.1, 0.15) is 0 Å². The molecule has 0 amide bonds. The molecule has 0 aromatic carbocycles. The maximum absolute atomic E-state index is 10.7. The number of hydrogen-bond donors (Lipinski definition) is 1. The van der Waals surface area contributed by atoms with Crippen molar-refractivity contribution < 1.29 is 9.90 Å². The molecule has 1 heterocycles. The van der Waals surface area contributed by atoms with E-state index in [1.54, 1.807) is 0 Å². The molecule has 0 aliphatic rings. The van der Waals surface area contributed by atoms with E-state index in [1.165, 1.54) is 17.5 Å². The van der Waals surface area contributed by atoms with Gasteiger partial charge in [-0.1, -0.05) is 46.4 Å². The minimum Gasteiger partial charge on any atom is -0.481 e. The second kappa shape index (κ2) is 6.46. The minimum atomic E-state index is -0.804. The van der Waals surface area contributed by atoms with Crippen LogP contribution >= 0.6 is 11.8 Å². The molecule has 0 bridgehead atoms. The molecule has 0 saturated heterocycles. The van der Waals surface area contributed by atoms with Gasteiger partial charge < -0.3 is 9.67 Å². The number of carbonyl (C=O) groups is 1. The molecule has 4 nitrogen and oxygen atoms in total. The molecule has 0 fully saturated rings. The highest BCUT2D eigenvalue weighted by molar-refractivity contribution is 7.99. The molecule has 0 aliphatic carbocycles. The minimum absolute atomic E-state index is 0.0596. The van der Waals surface area contributed by atoms with Crippen LogP contribution in [-0.2, 0) is 11.3 Å². The predicted octanol–water partition coefficient (Wildman–Crippen LogP) is 3.62. The molecule has 0 atom stereocenters. The fourth-order valence-electron chi connectivity index (χ4n) is 1.75. The first kappa shape index (κ1) is 16.1. The molecule has 0 aliphatic heterocycles. The van der Waals surface area contributed by atoms with Crippen molar-refractivity contribution in [3.63, 3.8) is 0 Å². The number of thioether (sulfide) groups is 1. The smallest absolute Gasteiger partial charge is 0.313 e. The maximum Gasteiger partial charge on any atom is 0.313 e. The molecule has 0 saturated carbocycles. The van der Waals surface area contributed by atoms with Crippen molar-refractivity contribution in [3.8, 4) is 0 Å². The maximum atomic E-state index is 10.7. The van der Waals surface area contributed by atoms with E-state index in [0.29, 0.717) is 5.92 Å². The number of hydrogen-bond acceptors (Lipinski definition) is 3. The number of carboxylic acid groups (broad SMARTS) is 1. The van der Waals surface area contributed by atoms with Crippen molar-refractivity contribution in [1.29, 1.82) is 0 Å². The number of imidazole rings is 1. The van der Waals surface area contributed by atoms with Crippen LogP contribution in [0.5, 0.6) is 0 Å². The molecule has 1 aromatic heterocycles. The Kier molecular flexibility index (Phi) is 5.47. The Morgan fingerprint density at radius 3 is 2.58 bits per heavy atom. The van der Waals surface area contributed by atoms with E-state index in [9.17, 15) is 4.79 Å². The van der Waals surface area contributed by atoms with Gasteiger partial charge in [-0.2, -0.15) is 0 Å². The van der Waals surface area contributed by atoms with Gasteiger partial charge in [0.15, 0.2) is 5.16 Å². The van der Waals surface area contributed by atoms with Gasteiger partial charge in [0, 0.05) is 18.4 Å². The van der Waals surface area contributed by atoms with Crippen molar-refractivity contribution in [2.24, 2.45) is 5.41 Å². The van der Waals surface area contributed by atoms with Crippen LogP contribution < -0.4 is 0 Å². The molecule has 1 rings (SSSR count). The van der Waals surface area contributed by atoms with Crippen LogP contribution in [0, 0.1) is 5.41 Å². The fraction of sp³-hybridized carbons (Fsp3) is 0.714. The zero-order chi connectivity index (χ0) is 14.6. The summed E-state index contributed by atoms with van der Waals surface area (Å²) in [5.74, 6) is -0.350. The monoisotopic (exact) mass is 284 g/mol. The van der Waals surface area contributed by atoms with E-state index in [4.69, 9.17) is 5.11 Å². The van der Waals surface area contributed by atoms with E-state index in [1.807, 2.05) is 6.20 Å². The molecular weight excluding hydrogens is 260 g/mol. The van der Waals surface area contributed by atoms with Crippen LogP contribution in [0.3, 0.4) is 0 Å². The summed E-state index contributed by atoms with van der Waals surface area (Å²) in [7, 11) is 0. The summed E-state index contributed by atoms with van der Waals surface area (Å²) in [5.41, 5.74) is 1.44. The van der Waals surface area contributed by atoms with Crippen LogP contribution in [0.15, 0.2) is 11.4 Å². The van der Waals surface area contributed by atoms with E-state index in [2.05, 4.69) is 44.2 Å². The first-order chi connectivity index (χ1) is 8.70. The van der Waals surface area contributed by atoms with Gasteiger partial charge in [0.05, 0.1) is 5.75 Å². The zero-order valence-corrected chi connectivity index (χ0v) is 13.3. The van der Waals surface area contributed by atoms with E-state index < -0.39 is 5.97 Å². The lowest BCUT2D eigenvalue weighted by Gasteiger charge is -2.21. The molecule has 1 N–H and O–H groups in total. The normalized spacial score (nSPS) is 12.1. The Hall–Kier alpha value is -0.970. The summed E-state index contributed by atoms with van der Waals surface area (Å²) in [6.45, 7) is 11.8. The van der Waals surface area contributed by atoms with Gasteiger partial charge in [-0.05, 0) is 17.8 Å². The molecule has 0 radical (unpaired) electrons. The molecule has 0 spiro atoms. The standard InChI is InChI=1S/C14H24N2O2S/c1-10(2)11-8-15-13(19-9-12(17)18)16(11)7-6-14(3,4)5/h8,10H,6-7,9H2,1-5H3,(H,17,18). The number of carboxylic acids is 1. The van der Waals surface area contributed by atoms with Crippen LogP contribution in [-0.4, -0.2) is 26.4 Å². The summed E-state index contributed by atoms with van der Waals surface area (Å²) < 4.78 is 2.17. The highest BCUT2D eigenvalue weighted by Crippen LogP contribution is 2.27. The van der Waals surface area contributed by atoms with E-state index in [-0.39, 0.29) is 11.2 Å². The molecule has 5 heteroatoms. The zero-order valence-electron chi connectivity index (χ0n) is 12.4. The predicted molar refractivity (Wildman–Crippen MR) is 78.7 cm³/mol. The molecule has 0 unspecified atom stereocenters. The van der Waals surface area contributed by atoms with Crippen molar-refractivity contribution in [2.75, 3.05) is 5.75 Å². The van der Waals surface area contributed by atoms with Gasteiger partial charge in [0.25, 0.3) is 0 Å². The Labute approximate surface area is 119 Å². The van der Waals surface area contributed by atoms with Gasteiger partial charge >= 0.3 is 5.97 Å². The summed E-state index contributed by atoms with van der Waals surface area (Å²) in [6, 6.07) is 0. The average Bonchev–Trinajstić information content (AvgIpc) is 2.65.